The Morgan fingerprint density at radius 1 is 1.33 bits per heavy atom. The van der Waals surface area contributed by atoms with E-state index in [2.05, 4.69) is 15.2 Å². The fraction of sp³-hybridized carbons (Fsp3) is 0.412. The number of thiazole rings is 1. The van der Waals surface area contributed by atoms with E-state index in [1.807, 2.05) is 48.5 Å². The van der Waals surface area contributed by atoms with Gasteiger partial charge in [0.05, 0.1) is 18.8 Å². The Kier molecular flexibility index (Phi) is 5.01. The molecule has 128 valence electrons. The topological polar surface area (TPSA) is 57.7 Å². The van der Waals surface area contributed by atoms with Crippen LogP contribution in [0.4, 0.5) is 10.8 Å². The van der Waals surface area contributed by atoms with Crippen molar-refractivity contribution in [3.8, 4) is 5.75 Å². The van der Waals surface area contributed by atoms with E-state index in [4.69, 9.17) is 4.74 Å². The van der Waals surface area contributed by atoms with Gasteiger partial charge in [-0.05, 0) is 31.2 Å². The van der Waals surface area contributed by atoms with Gasteiger partial charge in [-0.3, -0.25) is 9.69 Å². The highest BCUT2D eigenvalue weighted by Crippen LogP contribution is 2.24. The van der Waals surface area contributed by atoms with Crippen LogP contribution in [0, 0.1) is 0 Å². The number of hydrogen-bond acceptors (Lipinski definition) is 6. The van der Waals surface area contributed by atoms with Gasteiger partial charge >= 0.3 is 0 Å². The van der Waals surface area contributed by atoms with E-state index in [1.165, 1.54) is 0 Å². The van der Waals surface area contributed by atoms with E-state index in [0.29, 0.717) is 13.1 Å². The van der Waals surface area contributed by atoms with Crippen LogP contribution in [0.3, 0.4) is 0 Å². The zero-order valence-electron chi connectivity index (χ0n) is 14.2. The Morgan fingerprint density at radius 3 is 2.71 bits per heavy atom. The second-order valence-electron chi connectivity index (χ2n) is 5.73. The Labute approximate surface area is 146 Å². The molecular weight excluding hydrogens is 324 g/mol. The van der Waals surface area contributed by atoms with Gasteiger partial charge in [-0.1, -0.05) is 0 Å². The van der Waals surface area contributed by atoms with Gasteiger partial charge in [0.2, 0.25) is 5.91 Å². The van der Waals surface area contributed by atoms with Gasteiger partial charge in [0.15, 0.2) is 5.13 Å². The fourth-order valence-electron chi connectivity index (χ4n) is 2.85. The normalized spacial score (nSPS) is 18.7. The number of anilines is 2. The fourth-order valence-corrected chi connectivity index (χ4v) is 3.51. The molecule has 3 rings (SSSR count). The van der Waals surface area contributed by atoms with E-state index in [1.54, 1.807) is 18.4 Å². The van der Waals surface area contributed by atoms with Gasteiger partial charge in [0.1, 0.15) is 5.75 Å². The summed E-state index contributed by atoms with van der Waals surface area (Å²) in [6.07, 6.45) is 0. The largest absolute Gasteiger partial charge is 0.497 e. The third-order valence-electron chi connectivity index (χ3n) is 4.30. The first-order chi connectivity index (χ1) is 11.6. The number of nitrogens with zero attached hydrogens (tertiary/aromatic N) is 3. The van der Waals surface area contributed by atoms with Crippen LogP contribution in [-0.4, -0.2) is 49.1 Å². The molecular formula is C17H22N4O2S. The van der Waals surface area contributed by atoms with Crippen molar-refractivity contribution < 1.29 is 9.53 Å². The second-order valence-corrected chi connectivity index (χ2v) is 6.59. The van der Waals surface area contributed by atoms with Crippen molar-refractivity contribution in [1.29, 1.82) is 0 Å². The summed E-state index contributed by atoms with van der Waals surface area (Å²) in [7, 11) is 3.50. The average Bonchev–Trinajstić information content (AvgIpc) is 3.07. The van der Waals surface area contributed by atoms with Crippen molar-refractivity contribution >= 4 is 28.1 Å². The maximum Gasteiger partial charge on any atom is 0.244 e. The van der Waals surface area contributed by atoms with E-state index in [0.717, 1.165) is 28.8 Å². The molecule has 7 heteroatoms. The van der Waals surface area contributed by atoms with Crippen LogP contribution in [0.1, 0.15) is 12.6 Å². The Balaban J connectivity index is 1.68. The first-order valence-corrected chi connectivity index (χ1v) is 8.82. The summed E-state index contributed by atoms with van der Waals surface area (Å²) in [5.74, 6) is 0.914. The summed E-state index contributed by atoms with van der Waals surface area (Å²) >= 11 is 1.58. The van der Waals surface area contributed by atoms with Gasteiger partial charge in [0.25, 0.3) is 0 Å². The number of benzene rings is 1. The molecule has 1 N–H and O–H groups in total. The summed E-state index contributed by atoms with van der Waals surface area (Å²) < 4.78 is 5.18. The lowest BCUT2D eigenvalue weighted by Crippen LogP contribution is -2.55. The number of methoxy groups -OCH3 is 1. The summed E-state index contributed by atoms with van der Waals surface area (Å²) in [5.41, 5.74) is 1.92. The van der Waals surface area contributed by atoms with Crippen molar-refractivity contribution in [2.75, 3.05) is 37.5 Å². The molecule has 1 aliphatic rings. The highest BCUT2D eigenvalue weighted by atomic mass is 32.1. The molecule has 1 fully saturated rings. The maximum atomic E-state index is 12.8. The first-order valence-electron chi connectivity index (χ1n) is 7.94. The molecule has 2 aromatic rings. The second kappa shape index (κ2) is 7.19. The molecule has 24 heavy (non-hydrogen) atoms. The molecule has 1 saturated heterocycles. The van der Waals surface area contributed by atoms with Crippen LogP contribution in [0.2, 0.25) is 0 Å². The van der Waals surface area contributed by atoms with Crippen LogP contribution in [-0.2, 0) is 11.3 Å². The third kappa shape index (κ3) is 3.37. The summed E-state index contributed by atoms with van der Waals surface area (Å²) in [5, 5.41) is 5.99. The predicted octanol–water partition coefficient (Wildman–Crippen LogP) is 2.43. The van der Waals surface area contributed by atoms with Gasteiger partial charge < -0.3 is 15.0 Å². The van der Waals surface area contributed by atoms with Crippen LogP contribution in [0.15, 0.2) is 29.6 Å². The molecule has 2 heterocycles. The van der Waals surface area contributed by atoms with E-state index in [-0.39, 0.29) is 11.9 Å². The molecule has 1 aromatic heterocycles. The van der Waals surface area contributed by atoms with Crippen LogP contribution < -0.4 is 15.0 Å². The molecule has 6 nitrogen and oxygen atoms in total. The molecule has 0 unspecified atom stereocenters. The van der Waals surface area contributed by atoms with Gasteiger partial charge in [-0.2, -0.15) is 0 Å². The van der Waals surface area contributed by atoms with Crippen molar-refractivity contribution in [3.05, 3.63) is 35.3 Å². The van der Waals surface area contributed by atoms with E-state index >= 15 is 0 Å². The monoisotopic (exact) mass is 346 g/mol. The minimum absolute atomic E-state index is 0.121. The standard InChI is InChI=1S/C17H22N4O2S/c1-12-16(22)21(14-4-6-15(23-3)7-5-14)9-8-20(12)10-13-11-24-17(18-2)19-13/h4-7,11-12H,8-10H2,1-3H3,(H,18,19)/t12-/m1/s1. The lowest BCUT2D eigenvalue weighted by molar-refractivity contribution is -0.125. The predicted molar refractivity (Wildman–Crippen MR) is 96.9 cm³/mol. The van der Waals surface area contributed by atoms with Crippen molar-refractivity contribution in [3.63, 3.8) is 0 Å². The Hall–Kier alpha value is -2.12. The SMILES string of the molecule is CNc1nc(CN2CCN(c3ccc(OC)cc3)C(=O)[C@H]2C)cs1. The highest BCUT2D eigenvalue weighted by molar-refractivity contribution is 7.13. The number of nitrogens with one attached hydrogen (secondary N) is 1. The third-order valence-corrected chi connectivity index (χ3v) is 5.21. The highest BCUT2D eigenvalue weighted by Gasteiger charge is 2.32. The number of ether oxygens (including phenoxy) is 1. The minimum atomic E-state index is -0.166. The van der Waals surface area contributed by atoms with Crippen molar-refractivity contribution in [2.45, 2.75) is 19.5 Å². The Bertz CT molecular complexity index is 701. The van der Waals surface area contributed by atoms with Crippen LogP contribution in [0.25, 0.3) is 0 Å². The van der Waals surface area contributed by atoms with Gasteiger partial charge in [-0.15, -0.1) is 11.3 Å². The number of amides is 1. The maximum absolute atomic E-state index is 12.8. The molecule has 1 aliphatic heterocycles. The van der Waals surface area contributed by atoms with Crippen LogP contribution in [0.5, 0.6) is 5.75 Å². The summed E-state index contributed by atoms with van der Waals surface area (Å²) in [6.45, 7) is 4.16. The quantitative estimate of drug-likeness (QED) is 0.901. The summed E-state index contributed by atoms with van der Waals surface area (Å²) in [4.78, 5) is 21.3. The summed E-state index contributed by atoms with van der Waals surface area (Å²) in [6, 6.07) is 7.46. The zero-order chi connectivity index (χ0) is 17.1. The van der Waals surface area contributed by atoms with Crippen molar-refractivity contribution in [1.82, 2.24) is 9.88 Å². The molecule has 1 atom stereocenters. The smallest absolute Gasteiger partial charge is 0.244 e. The van der Waals surface area contributed by atoms with Gasteiger partial charge in [-0.25, -0.2) is 4.98 Å². The Morgan fingerprint density at radius 2 is 2.08 bits per heavy atom. The number of rotatable bonds is 5. The van der Waals surface area contributed by atoms with E-state index in [9.17, 15) is 4.79 Å². The molecule has 0 radical (unpaired) electrons. The van der Waals surface area contributed by atoms with Gasteiger partial charge in [0, 0.05) is 37.7 Å². The molecule has 0 spiro atoms. The number of piperazine rings is 1. The number of carbonyl (C=O) groups is 1. The zero-order valence-corrected chi connectivity index (χ0v) is 15.0. The molecule has 1 aromatic carbocycles. The lowest BCUT2D eigenvalue weighted by atomic mass is 10.1. The average molecular weight is 346 g/mol. The number of carbonyl (C=O) groups excluding carboxylic acids is 1. The van der Waals surface area contributed by atoms with Crippen molar-refractivity contribution in [2.24, 2.45) is 0 Å². The molecule has 0 aliphatic carbocycles. The minimum Gasteiger partial charge on any atom is -0.497 e. The molecule has 0 bridgehead atoms. The molecule has 1 amide bonds. The van der Waals surface area contributed by atoms with Crippen LogP contribution >= 0.6 is 11.3 Å². The molecule has 0 saturated carbocycles. The lowest BCUT2D eigenvalue weighted by Gasteiger charge is -2.38. The first kappa shape index (κ1) is 16.7. The number of hydrogen-bond donors (Lipinski definition) is 1. The van der Waals surface area contributed by atoms with E-state index < -0.39 is 0 Å². The number of aromatic nitrogens is 1.